The molecule has 82 valence electrons. The highest BCUT2D eigenvalue weighted by atomic mass is 16.6. The molecule has 0 amide bonds. The summed E-state index contributed by atoms with van der Waals surface area (Å²) >= 11 is 0. The van der Waals surface area contributed by atoms with E-state index in [4.69, 9.17) is 9.47 Å². The number of ether oxygens (including phenoxy) is 2. The lowest BCUT2D eigenvalue weighted by atomic mass is 10.3. The Morgan fingerprint density at radius 1 is 1.21 bits per heavy atom. The quantitative estimate of drug-likeness (QED) is 0.615. The van der Waals surface area contributed by atoms with Gasteiger partial charge in [0.15, 0.2) is 0 Å². The van der Waals surface area contributed by atoms with Crippen LogP contribution in [-0.4, -0.2) is 24.6 Å². The van der Waals surface area contributed by atoms with Crippen LogP contribution in [0.2, 0.25) is 0 Å². The van der Waals surface area contributed by atoms with Crippen LogP contribution in [0, 0.1) is 0 Å². The van der Waals surface area contributed by atoms with Gasteiger partial charge in [-0.2, -0.15) is 0 Å². The summed E-state index contributed by atoms with van der Waals surface area (Å²) in [6.45, 7) is 5.68. The summed E-state index contributed by atoms with van der Waals surface area (Å²) in [5.41, 5.74) is 0. The first kappa shape index (κ1) is 12.9. The molecule has 0 aromatic heterocycles. The van der Waals surface area contributed by atoms with Gasteiger partial charge in [0.2, 0.25) is 0 Å². The Morgan fingerprint density at radius 2 is 1.86 bits per heavy atom. The molecule has 0 saturated heterocycles. The number of hydrogen-bond donors (Lipinski definition) is 0. The van der Waals surface area contributed by atoms with Crippen molar-refractivity contribution in [2.45, 2.75) is 46.1 Å². The predicted molar refractivity (Wildman–Crippen MR) is 51.7 cm³/mol. The first-order valence-electron chi connectivity index (χ1n) is 4.95. The van der Waals surface area contributed by atoms with Crippen LogP contribution < -0.4 is 0 Å². The molecule has 0 aliphatic rings. The van der Waals surface area contributed by atoms with Crippen molar-refractivity contribution in [3.8, 4) is 0 Å². The van der Waals surface area contributed by atoms with Crippen molar-refractivity contribution in [1.29, 1.82) is 0 Å². The van der Waals surface area contributed by atoms with Gasteiger partial charge in [0.1, 0.15) is 6.10 Å². The molecule has 0 aromatic rings. The molecule has 0 heterocycles. The van der Waals surface area contributed by atoms with Crippen LogP contribution in [0.3, 0.4) is 0 Å². The monoisotopic (exact) mass is 202 g/mol. The molecule has 4 nitrogen and oxygen atoms in total. The highest BCUT2D eigenvalue weighted by Gasteiger charge is 2.13. The van der Waals surface area contributed by atoms with Gasteiger partial charge in [-0.25, -0.2) is 0 Å². The molecule has 0 rings (SSSR count). The average Bonchev–Trinajstić information content (AvgIpc) is 2.03. The SMILES string of the molecule is CCCC(=O)OC(C)CC(=O)OCC. The van der Waals surface area contributed by atoms with Crippen molar-refractivity contribution < 1.29 is 19.1 Å². The Hall–Kier alpha value is -1.06. The molecular weight excluding hydrogens is 184 g/mol. The van der Waals surface area contributed by atoms with Crippen LogP contribution in [0.25, 0.3) is 0 Å². The van der Waals surface area contributed by atoms with E-state index in [1.165, 1.54) is 0 Å². The van der Waals surface area contributed by atoms with Crippen molar-refractivity contribution in [3.63, 3.8) is 0 Å². The molecule has 1 atom stereocenters. The zero-order chi connectivity index (χ0) is 11.0. The highest BCUT2D eigenvalue weighted by Crippen LogP contribution is 2.02. The van der Waals surface area contributed by atoms with Crippen LogP contribution in [0.4, 0.5) is 0 Å². The summed E-state index contributed by atoms with van der Waals surface area (Å²) in [5.74, 6) is -0.589. The minimum atomic E-state index is -0.395. The number of carbonyl (C=O) groups is 2. The molecule has 0 N–H and O–H groups in total. The average molecular weight is 202 g/mol. The van der Waals surface area contributed by atoms with E-state index >= 15 is 0 Å². The van der Waals surface area contributed by atoms with Crippen molar-refractivity contribution in [2.75, 3.05) is 6.61 Å². The van der Waals surface area contributed by atoms with Crippen molar-refractivity contribution >= 4 is 11.9 Å². The van der Waals surface area contributed by atoms with Crippen LogP contribution in [-0.2, 0) is 19.1 Å². The van der Waals surface area contributed by atoms with Crippen molar-refractivity contribution in [3.05, 3.63) is 0 Å². The maximum absolute atomic E-state index is 11.0. The van der Waals surface area contributed by atoms with Crippen molar-refractivity contribution in [2.24, 2.45) is 0 Å². The molecule has 0 saturated carbocycles. The molecule has 14 heavy (non-hydrogen) atoms. The van der Waals surface area contributed by atoms with Gasteiger partial charge in [0, 0.05) is 6.42 Å². The molecule has 4 heteroatoms. The van der Waals surface area contributed by atoms with Crippen LogP contribution in [0.1, 0.15) is 40.0 Å². The maximum Gasteiger partial charge on any atom is 0.309 e. The third kappa shape index (κ3) is 6.46. The zero-order valence-corrected chi connectivity index (χ0v) is 9.04. The standard InChI is InChI=1S/C10H18O4/c1-4-6-9(11)14-8(3)7-10(12)13-5-2/h8H,4-7H2,1-3H3. The van der Waals surface area contributed by atoms with Crippen LogP contribution in [0.5, 0.6) is 0 Å². The molecule has 0 aliphatic heterocycles. The maximum atomic E-state index is 11.0. The number of hydrogen-bond acceptors (Lipinski definition) is 4. The predicted octanol–water partition coefficient (Wildman–Crippen LogP) is 1.67. The fourth-order valence-corrected chi connectivity index (χ4v) is 0.984. The lowest BCUT2D eigenvalue weighted by Crippen LogP contribution is -2.19. The van der Waals surface area contributed by atoms with E-state index in [0.717, 1.165) is 6.42 Å². The third-order valence-corrected chi connectivity index (χ3v) is 1.55. The molecule has 0 spiro atoms. The largest absolute Gasteiger partial charge is 0.466 e. The summed E-state index contributed by atoms with van der Waals surface area (Å²) in [7, 11) is 0. The number of esters is 2. The minimum Gasteiger partial charge on any atom is -0.466 e. The van der Waals surface area contributed by atoms with E-state index in [1.807, 2.05) is 6.92 Å². The van der Waals surface area contributed by atoms with E-state index in [1.54, 1.807) is 13.8 Å². The topological polar surface area (TPSA) is 52.6 Å². The minimum absolute atomic E-state index is 0.128. The van der Waals surface area contributed by atoms with Gasteiger partial charge in [-0.15, -0.1) is 0 Å². The fourth-order valence-electron chi connectivity index (χ4n) is 0.984. The van der Waals surface area contributed by atoms with E-state index in [9.17, 15) is 9.59 Å². The van der Waals surface area contributed by atoms with Crippen LogP contribution in [0.15, 0.2) is 0 Å². The lowest BCUT2D eigenvalue weighted by Gasteiger charge is -2.11. The van der Waals surface area contributed by atoms with E-state index < -0.39 is 6.10 Å². The normalized spacial score (nSPS) is 11.9. The fraction of sp³-hybridized carbons (Fsp3) is 0.800. The van der Waals surface area contributed by atoms with Gasteiger partial charge in [-0.3, -0.25) is 9.59 Å². The van der Waals surface area contributed by atoms with Gasteiger partial charge in [-0.1, -0.05) is 6.92 Å². The molecule has 0 aliphatic carbocycles. The lowest BCUT2D eigenvalue weighted by molar-refractivity contribution is -0.153. The molecule has 0 aromatic carbocycles. The summed E-state index contributed by atoms with van der Waals surface area (Å²) in [5, 5.41) is 0. The third-order valence-electron chi connectivity index (χ3n) is 1.55. The number of rotatable bonds is 6. The molecule has 1 unspecified atom stereocenters. The van der Waals surface area contributed by atoms with E-state index in [-0.39, 0.29) is 18.4 Å². The zero-order valence-electron chi connectivity index (χ0n) is 9.04. The second-order valence-corrected chi connectivity index (χ2v) is 3.06. The Bertz CT molecular complexity index is 169. The Kier molecular flexibility index (Phi) is 6.80. The Morgan fingerprint density at radius 3 is 2.36 bits per heavy atom. The van der Waals surface area contributed by atoms with Crippen LogP contribution >= 0.6 is 0 Å². The molecule has 0 radical (unpaired) electrons. The molecular formula is C10H18O4. The summed E-state index contributed by atoms with van der Waals surface area (Å²) in [6, 6.07) is 0. The smallest absolute Gasteiger partial charge is 0.309 e. The molecule has 0 bridgehead atoms. The van der Waals surface area contributed by atoms with E-state index in [2.05, 4.69) is 0 Å². The second-order valence-electron chi connectivity index (χ2n) is 3.06. The summed E-state index contributed by atoms with van der Waals surface area (Å²) < 4.78 is 9.69. The van der Waals surface area contributed by atoms with Gasteiger partial charge in [0.25, 0.3) is 0 Å². The summed E-state index contributed by atoms with van der Waals surface area (Å²) in [4.78, 5) is 22.0. The van der Waals surface area contributed by atoms with Gasteiger partial charge in [-0.05, 0) is 20.3 Å². The first-order chi connectivity index (χ1) is 6.60. The highest BCUT2D eigenvalue weighted by molar-refractivity contribution is 5.72. The molecule has 0 fully saturated rings. The first-order valence-corrected chi connectivity index (χ1v) is 4.95. The second kappa shape index (κ2) is 7.35. The number of carbonyl (C=O) groups excluding carboxylic acids is 2. The van der Waals surface area contributed by atoms with Crippen molar-refractivity contribution in [1.82, 2.24) is 0 Å². The van der Waals surface area contributed by atoms with Gasteiger partial charge in [0.05, 0.1) is 13.0 Å². The Balaban J connectivity index is 3.68. The summed E-state index contributed by atoms with van der Waals surface area (Å²) in [6.07, 6.45) is 0.884. The van der Waals surface area contributed by atoms with Gasteiger partial charge < -0.3 is 9.47 Å². The Labute approximate surface area is 84.6 Å². The van der Waals surface area contributed by atoms with Gasteiger partial charge >= 0.3 is 11.9 Å². The van der Waals surface area contributed by atoms with E-state index in [0.29, 0.717) is 13.0 Å².